The number of anilines is 1. The highest BCUT2D eigenvalue weighted by atomic mass is 35.5. The van der Waals surface area contributed by atoms with Gasteiger partial charge >= 0.3 is 11.9 Å². The van der Waals surface area contributed by atoms with Crippen LogP contribution >= 0.6 is 11.6 Å². The number of hydrogen-bond acceptors (Lipinski definition) is 5. The first-order valence-corrected chi connectivity index (χ1v) is 11.8. The number of rotatable bonds is 1. The number of carbonyl (C=O) groups excluding carboxylic acids is 2. The SMILES string of the molecule is O=C1Nc2c(Cl)cc3nc(C(=O)N4CCN5CCCC5C4)oc3c2C2(CCC(F)(F)CC2)N1. The van der Waals surface area contributed by atoms with E-state index in [0.29, 0.717) is 41.5 Å². The van der Waals surface area contributed by atoms with E-state index in [4.69, 9.17) is 16.0 Å². The Bertz CT molecular complexity index is 1160. The highest BCUT2D eigenvalue weighted by Crippen LogP contribution is 2.51. The van der Waals surface area contributed by atoms with Gasteiger partial charge in [-0.05, 0) is 38.3 Å². The van der Waals surface area contributed by atoms with E-state index in [-0.39, 0.29) is 42.5 Å². The number of amides is 3. The number of urea groups is 1. The number of aromatic nitrogens is 1. The maximum Gasteiger partial charge on any atom is 0.319 e. The van der Waals surface area contributed by atoms with Crippen molar-refractivity contribution in [3.8, 4) is 0 Å². The zero-order valence-corrected chi connectivity index (χ0v) is 18.7. The topological polar surface area (TPSA) is 90.7 Å². The van der Waals surface area contributed by atoms with Crippen LogP contribution < -0.4 is 10.6 Å². The van der Waals surface area contributed by atoms with Crippen LogP contribution in [0.2, 0.25) is 5.02 Å². The Morgan fingerprint density at radius 1 is 1.21 bits per heavy atom. The first-order valence-electron chi connectivity index (χ1n) is 11.4. The molecule has 1 atom stereocenters. The van der Waals surface area contributed by atoms with Crippen molar-refractivity contribution in [2.24, 2.45) is 0 Å². The number of piperazine rings is 1. The summed E-state index contributed by atoms with van der Waals surface area (Å²) in [6.45, 7) is 3.13. The van der Waals surface area contributed by atoms with Gasteiger partial charge < -0.3 is 20.0 Å². The van der Waals surface area contributed by atoms with Crippen molar-refractivity contribution in [3.63, 3.8) is 0 Å². The Labute approximate surface area is 193 Å². The van der Waals surface area contributed by atoms with Gasteiger partial charge in [0.25, 0.3) is 5.89 Å². The summed E-state index contributed by atoms with van der Waals surface area (Å²) in [6, 6.07) is 1.40. The van der Waals surface area contributed by atoms with Gasteiger partial charge in [0.05, 0.1) is 16.2 Å². The van der Waals surface area contributed by atoms with Crippen LogP contribution in [-0.2, 0) is 5.54 Å². The van der Waals surface area contributed by atoms with Gasteiger partial charge in [-0.3, -0.25) is 9.69 Å². The summed E-state index contributed by atoms with van der Waals surface area (Å²) >= 11 is 6.47. The van der Waals surface area contributed by atoms with Crippen molar-refractivity contribution < 1.29 is 22.8 Å². The highest BCUT2D eigenvalue weighted by Gasteiger charge is 2.50. The van der Waals surface area contributed by atoms with Crippen LogP contribution in [0.4, 0.5) is 19.3 Å². The minimum absolute atomic E-state index is 0.0312. The average molecular weight is 480 g/mol. The molecule has 1 aromatic carbocycles. The van der Waals surface area contributed by atoms with Gasteiger partial charge in [-0.1, -0.05) is 11.6 Å². The molecule has 4 heterocycles. The fraction of sp³-hybridized carbons (Fsp3) is 0.591. The molecule has 4 aliphatic rings. The van der Waals surface area contributed by atoms with E-state index in [1.54, 1.807) is 11.0 Å². The zero-order valence-electron chi connectivity index (χ0n) is 17.9. The number of nitrogens with zero attached hydrogens (tertiary/aromatic N) is 3. The summed E-state index contributed by atoms with van der Waals surface area (Å²) in [5.74, 6) is -3.13. The van der Waals surface area contributed by atoms with Crippen LogP contribution in [0.25, 0.3) is 11.1 Å². The minimum atomic E-state index is -2.79. The van der Waals surface area contributed by atoms with E-state index in [9.17, 15) is 18.4 Å². The molecule has 8 nitrogen and oxygen atoms in total. The molecule has 1 spiro atoms. The molecule has 2 saturated heterocycles. The molecule has 3 aliphatic heterocycles. The maximum absolute atomic E-state index is 14.0. The molecule has 1 aromatic heterocycles. The van der Waals surface area contributed by atoms with Crippen LogP contribution in [0.15, 0.2) is 10.5 Å². The molecule has 1 unspecified atom stereocenters. The van der Waals surface area contributed by atoms with Crippen molar-refractivity contribution in [3.05, 3.63) is 22.5 Å². The van der Waals surface area contributed by atoms with Gasteiger partial charge in [-0.2, -0.15) is 0 Å². The highest BCUT2D eigenvalue weighted by molar-refractivity contribution is 6.35. The van der Waals surface area contributed by atoms with Gasteiger partial charge in [-0.15, -0.1) is 0 Å². The van der Waals surface area contributed by atoms with E-state index < -0.39 is 17.5 Å². The summed E-state index contributed by atoms with van der Waals surface area (Å²) < 4.78 is 34.0. The zero-order chi connectivity index (χ0) is 23.0. The summed E-state index contributed by atoms with van der Waals surface area (Å²) in [4.78, 5) is 34.2. The summed E-state index contributed by atoms with van der Waals surface area (Å²) in [6.07, 6.45) is 1.53. The molecule has 176 valence electrons. The van der Waals surface area contributed by atoms with Gasteiger partial charge in [0.1, 0.15) is 5.52 Å². The van der Waals surface area contributed by atoms with E-state index in [1.165, 1.54) is 0 Å². The normalized spacial score (nSPS) is 26.1. The van der Waals surface area contributed by atoms with Crippen LogP contribution in [0.5, 0.6) is 0 Å². The molecule has 0 bridgehead atoms. The van der Waals surface area contributed by atoms with Crippen LogP contribution in [0.1, 0.15) is 54.8 Å². The first-order chi connectivity index (χ1) is 15.7. The third-order valence-corrected chi connectivity index (χ3v) is 7.89. The number of hydrogen-bond donors (Lipinski definition) is 2. The Hall–Kier alpha value is -2.46. The monoisotopic (exact) mass is 479 g/mol. The smallest absolute Gasteiger partial charge is 0.319 e. The van der Waals surface area contributed by atoms with Crippen LogP contribution in [-0.4, -0.2) is 64.9 Å². The number of fused-ring (bicyclic) bond motifs is 5. The second kappa shape index (κ2) is 7.27. The first kappa shape index (κ1) is 21.1. The summed E-state index contributed by atoms with van der Waals surface area (Å²) in [5, 5.41) is 5.76. The minimum Gasteiger partial charge on any atom is -0.432 e. The third-order valence-electron chi connectivity index (χ3n) is 7.60. The van der Waals surface area contributed by atoms with Crippen LogP contribution in [0, 0.1) is 0 Å². The van der Waals surface area contributed by atoms with Crippen molar-refractivity contribution in [1.29, 1.82) is 0 Å². The quantitative estimate of drug-likeness (QED) is 0.646. The van der Waals surface area contributed by atoms with E-state index >= 15 is 0 Å². The van der Waals surface area contributed by atoms with E-state index in [0.717, 1.165) is 25.9 Å². The summed E-state index contributed by atoms with van der Waals surface area (Å²) in [7, 11) is 0. The van der Waals surface area contributed by atoms with Crippen molar-refractivity contribution in [2.45, 2.75) is 56.0 Å². The molecule has 11 heteroatoms. The third kappa shape index (κ3) is 3.37. The predicted molar refractivity (Wildman–Crippen MR) is 117 cm³/mol. The van der Waals surface area contributed by atoms with Crippen molar-refractivity contribution >= 4 is 40.3 Å². The molecule has 3 fully saturated rings. The average Bonchev–Trinajstić information content (AvgIpc) is 3.42. The molecule has 6 rings (SSSR count). The van der Waals surface area contributed by atoms with E-state index in [1.807, 2.05) is 0 Å². The van der Waals surface area contributed by atoms with Gasteiger partial charge in [0.2, 0.25) is 5.92 Å². The molecule has 1 saturated carbocycles. The van der Waals surface area contributed by atoms with Crippen molar-refractivity contribution in [2.75, 3.05) is 31.5 Å². The number of nitrogens with one attached hydrogen (secondary N) is 2. The fourth-order valence-corrected chi connectivity index (χ4v) is 6.10. The largest absolute Gasteiger partial charge is 0.432 e. The lowest BCUT2D eigenvalue weighted by molar-refractivity contribution is -0.0552. The maximum atomic E-state index is 14.0. The molecule has 2 N–H and O–H groups in total. The van der Waals surface area contributed by atoms with Gasteiger partial charge in [-0.25, -0.2) is 18.6 Å². The number of benzene rings is 1. The Balaban J connectivity index is 1.40. The number of alkyl halides is 2. The number of carbonyl (C=O) groups is 2. The Morgan fingerprint density at radius 2 is 2.00 bits per heavy atom. The summed E-state index contributed by atoms with van der Waals surface area (Å²) in [5.41, 5.74) is 0.434. The molecular formula is C22H24ClF2N5O3. The second-order valence-electron chi connectivity index (χ2n) is 9.58. The number of oxazole rings is 1. The molecule has 0 radical (unpaired) electrons. The molecular weight excluding hydrogens is 456 g/mol. The Kier molecular flexibility index (Phi) is 4.65. The lowest BCUT2D eigenvalue weighted by atomic mass is 9.73. The second-order valence-corrected chi connectivity index (χ2v) is 9.98. The van der Waals surface area contributed by atoms with E-state index in [2.05, 4.69) is 20.5 Å². The predicted octanol–water partition coefficient (Wildman–Crippen LogP) is 3.94. The fourth-order valence-electron chi connectivity index (χ4n) is 5.86. The molecule has 3 amide bonds. The molecule has 2 aromatic rings. The van der Waals surface area contributed by atoms with Crippen LogP contribution in [0.3, 0.4) is 0 Å². The standard InChI is InChI=1S/C22H24ClF2N5O3/c23-13-10-14-17(15-16(13)27-20(32)28-21(15)3-5-22(24,25)6-4-21)33-18(26-14)19(31)30-9-8-29-7-1-2-12(29)11-30/h10,12H,1-9,11H2,(H2,27,28,32). The number of halogens is 3. The molecule has 33 heavy (non-hydrogen) atoms. The van der Waals surface area contributed by atoms with Crippen molar-refractivity contribution in [1.82, 2.24) is 20.1 Å². The lowest BCUT2D eigenvalue weighted by Gasteiger charge is -2.44. The lowest BCUT2D eigenvalue weighted by Crippen LogP contribution is -2.54. The van der Waals surface area contributed by atoms with Gasteiger partial charge in [0.15, 0.2) is 5.58 Å². The molecule has 1 aliphatic carbocycles. The Morgan fingerprint density at radius 3 is 2.79 bits per heavy atom. The van der Waals surface area contributed by atoms with Gasteiger partial charge in [0, 0.05) is 44.1 Å².